The van der Waals surface area contributed by atoms with Gasteiger partial charge in [-0.2, -0.15) is 11.8 Å². The van der Waals surface area contributed by atoms with Crippen LogP contribution in [0.3, 0.4) is 0 Å². The summed E-state index contributed by atoms with van der Waals surface area (Å²) in [5.41, 5.74) is 7.88. The number of hydrogen-bond donors (Lipinski definition) is 1. The Morgan fingerprint density at radius 3 is 3.00 bits per heavy atom. The quantitative estimate of drug-likeness (QED) is 0.764. The van der Waals surface area contributed by atoms with Gasteiger partial charge in [-0.15, -0.1) is 0 Å². The maximum Gasteiger partial charge on any atom is 0.0783 e. The van der Waals surface area contributed by atoms with Crippen molar-refractivity contribution in [1.82, 2.24) is 0 Å². The van der Waals surface area contributed by atoms with Gasteiger partial charge >= 0.3 is 0 Å². The highest BCUT2D eigenvalue weighted by Gasteiger charge is 2.42. The number of thioether (sulfide) groups is 1. The number of halogens is 2. The van der Waals surface area contributed by atoms with Crippen molar-refractivity contribution in [2.24, 2.45) is 11.7 Å². The molecule has 0 amide bonds. The molecule has 2 heterocycles. The van der Waals surface area contributed by atoms with E-state index in [0.717, 1.165) is 34.1 Å². The lowest BCUT2D eigenvalue weighted by Gasteiger charge is -2.40. The third-order valence-corrected chi connectivity index (χ3v) is 6.86. The molecule has 0 bridgehead atoms. The van der Waals surface area contributed by atoms with E-state index in [-0.39, 0.29) is 11.6 Å². The van der Waals surface area contributed by atoms with Crippen molar-refractivity contribution in [3.8, 4) is 0 Å². The van der Waals surface area contributed by atoms with Gasteiger partial charge in [-0.25, -0.2) is 0 Å². The van der Waals surface area contributed by atoms with E-state index in [1.165, 1.54) is 17.7 Å². The Labute approximate surface area is 141 Å². The van der Waals surface area contributed by atoms with Gasteiger partial charge in [-0.05, 0) is 54.7 Å². The summed E-state index contributed by atoms with van der Waals surface area (Å²) >= 11 is 9.19. The molecular formula is C15H19Br2NOS. The predicted molar refractivity (Wildman–Crippen MR) is 92.1 cm³/mol. The highest BCUT2D eigenvalue weighted by molar-refractivity contribution is 9.11. The molecule has 0 radical (unpaired) electrons. The number of benzene rings is 1. The van der Waals surface area contributed by atoms with Crippen molar-refractivity contribution >= 4 is 43.6 Å². The molecule has 1 aromatic rings. The first-order chi connectivity index (χ1) is 9.60. The molecule has 0 aliphatic carbocycles. The Bertz CT molecular complexity index is 491. The molecule has 1 spiro atoms. The molecule has 3 unspecified atom stereocenters. The van der Waals surface area contributed by atoms with E-state index in [2.05, 4.69) is 44.0 Å². The molecule has 2 aliphatic heterocycles. The minimum absolute atomic E-state index is 0.0771. The lowest BCUT2D eigenvalue weighted by molar-refractivity contribution is -0.0834. The van der Waals surface area contributed by atoms with E-state index in [9.17, 15) is 0 Å². The summed E-state index contributed by atoms with van der Waals surface area (Å²) in [7, 11) is 0. The summed E-state index contributed by atoms with van der Waals surface area (Å²) in [6.07, 6.45) is 3.34. The van der Waals surface area contributed by atoms with Gasteiger partial charge in [0.15, 0.2) is 0 Å². The summed E-state index contributed by atoms with van der Waals surface area (Å²) in [6, 6.07) is 6.33. The van der Waals surface area contributed by atoms with E-state index >= 15 is 0 Å². The van der Waals surface area contributed by atoms with Crippen LogP contribution < -0.4 is 5.73 Å². The zero-order valence-corrected chi connectivity index (χ0v) is 15.3. The molecule has 2 aliphatic rings. The molecule has 1 aromatic carbocycles. The molecule has 2 nitrogen and oxygen atoms in total. The lowest BCUT2D eigenvalue weighted by atomic mass is 9.79. The minimum Gasteiger partial charge on any atom is -0.374 e. The van der Waals surface area contributed by atoms with E-state index in [4.69, 9.17) is 10.5 Å². The Kier molecular flexibility index (Phi) is 4.83. The average molecular weight is 421 g/mol. The van der Waals surface area contributed by atoms with Gasteiger partial charge in [0.1, 0.15) is 0 Å². The molecule has 20 heavy (non-hydrogen) atoms. The first kappa shape index (κ1) is 15.3. The van der Waals surface area contributed by atoms with Gasteiger partial charge in [0.25, 0.3) is 0 Å². The van der Waals surface area contributed by atoms with Crippen LogP contribution in [0.15, 0.2) is 27.1 Å². The van der Waals surface area contributed by atoms with E-state index in [1.54, 1.807) is 0 Å². The van der Waals surface area contributed by atoms with Crippen LogP contribution in [0, 0.1) is 5.92 Å². The van der Waals surface area contributed by atoms with Gasteiger partial charge in [0.05, 0.1) is 5.60 Å². The third kappa shape index (κ3) is 3.12. The average Bonchev–Trinajstić information content (AvgIpc) is 2.88. The Balaban J connectivity index is 1.79. The fourth-order valence-corrected chi connectivity index (χ4v) is 5.53. The zero-order chi connectivity index (χ0) is 14.2. The highest BCUT2D eigenvalue weighted by atomic mass is 79.9. The molecule has 2 N–H and O–H groups in total. The normalized spacial score (nSPS) is 31.6. The van der Waals surface area contributed by atoms with Crippen molar-refractivity contribution in [3.05, 3.63) is 32.7 Å². The molecule has 2 saturated heterocycles. The highest BCUT2D eigenvalue weighted by Crippen LogP contribution is 2.44. The summed E-state index contributed by atoms with van der Waals surface area (Å²) in [5.74, 6) is 2.87. The Morgan fingerprint density at radius 1 is 1.40 bits per heavy atom. The molecule has 3 rings (SSSR count). The van der Waals surface area contributed by atoms with Crippen LogP contribution >= 0.6 is 43.6 Å². The predicted octanol–water partition coefficient (Wildman–Crippen LogP) is 4.51. The number of ether oxygens (including phenoxy) is 1. The second-order valence-electron chi connectivity index (χ2n) is 5.78. The lowest BCUT2D eigenvalue weighted by Crippen LogP contribution is -2.42. The Hall–Kier alpha value is 0.450. The van der Waals surface area contributed by atoms with Gasteiger partial charge in [-0.1, -0.05) is 31.9 Å². The maximum absolute atomic E-state index is 6.58. The smallest absolute Gasteiger partial charge is 0.0783 e. The van der Waals surface area contributed by atoms with Crippen LogP contribution in [0.5, 0.6) is 0 Å². The molecule has 0 saturated carbocycles. The van der Waals surface area contributed by atoms with Gasteiger partial charge < -0.3 is 10.5 Å². The Morgan fingerprint density at radius 2 is 2.25 bits per heavy atom. The van der Waals surface area contributed by atoms with E-state index in [0.29, 0.717) is 5.92 Å². The zero-order valence-electron chi connectivity index (χ0n) is 11.3. The second kappa shape index (κ2) is 6.29. The van der Waals surface area contributed by atoms with Gasteiger partial charge in [0.2, 0.25) is 0 Å². The molecule has 0 aromatic heterocycles. The number of nitrogens with two attached hydrogens (primary N) is 1. The van der Waals surface area contributed by atoms with E-state index < -0.39 is 0 Å². The molecule has 2 fully saturated rings. The van der Waals surface area contributed by atoms with Crippen molar-refractivity contribution < 1.29 is 4.74 Å². The van der Waals surface area contributed by atoms with Crippen LogP contribution in [-0.2, 0) is 4.74 Å². The van der Waals surface area contributed by atoms with Crippen molar-refractivity contribution in [2.75, 3.05) is 18.1 Å². The first-order valence-electron chi connectivity index (χ1n) is 7.02. The fourth-order valence-electron chi connectivity index (χ4n) is 3.26. The molecule has 3 atom stereocenters. The molecule has 5 heteroatoms. The van der Waals surface area contributed by atoms with Crippen LogP contribution in [-0.4, -0.2) is 23.7 Å². The van der Waals surface area contributed by atoms with Crippen molar-refractivity contribution in [3.63, 3.8) is 0 Å². The minimum atomic E-state index is 0.0771. The first-order valence-corrected chi connectivity index (χ1v) is 9.76. The molecular weight excluding hydrogens is 402 g/mol. The standard InChI is InChI=1S/C15H19Br2NOS/c16-11-1-2-13(17)12(7-11)14(18)10-3-5-19-15(8-10)4-6-20-9-15/h1-2,7,10,14H,3-6,8-9,18H2. The monoisotopic (exact) mass is 419 g/mol. The number of hydrogen-bond acceptors (Lipinski definition) is 3. The van der Waals surface area contributed by atoms with Crippen LogP contribution in [0.1, 0.15) is 30.9 Å². The maximum atomic E-state index is 6.58. The SMILES string of the molecule is NC(c1cc(Br)ccc1Br)C1CCOC2(CCSC2)C1. The van der Waals surface area contributed by atoms with Gasteiger partial charge in [-0.3, -0.25) is 0 Å². The van der Waals surface area contributed by atoms with E-state index in [1.807, 2.05) is 17.8 Å². The van der Waals surface area contributed by atoms with Crippen molar-refractivity contribution in [1.29, 1.82) is 0 Å². The van der Waals surface area contributed by atoms with Crippen LogP contribution in [0.25, 0.3) is 0 Å². The second-order valence-corrected chi connectivity index (χ2v) is 8.65. The summed E-state index contributed by atoms with van der Waals surface area (Å²) in [5, 5.41) is 0. The van der Waals surface area contributed by atoms with Crippen molar-refractivity contribution in [2.45, 2.75) is 30.9 Å². The summed E-state index contributed by atoms with van der Waals surface area (Å²) in [4.78, 5) is 0. The number of rotatable bonds is 2. The topological polar surface area (TPSA) is 35.2 Å². The summed E-state index contributed by atoms with van der Waals surface area (Å²) < 4.78 is 8.29. The third-order valence-electron chi connectivity index (χ3n) is 4.42. The van der Waals surface area contributed by atoms with Gasteiger partial charge in [0, 0.05) is 27.3 Å². The molecule has 110 valence electrons. The van der Waals surface area contributed by atoms with Crippen LogP contribution in [0.4, 0.5) is 0 Å². The fraction of sp³-hybridized carbons (Fsp3) is 0.600. The van der Waals surface area contributed by atoms with Crippen LogP contribution in [0.2, 0.25) is 0 Å². The largest absolute Gasteiger partial charge is 0.374 e. The summed E-state index contributed by atoms with van der Waals surface area (Å²) in [6.45, 7) is 0.852.